The van der Waals surface area contributed by atoms with E-state index in [-0.39, 0.29) is 11.0 Å². The van der Waals surface area contributed by atoms with Crippen LogP contribution in [0.25, 0.3) is 0 Å². The van der Waals surface area contributed by atoms with E-state index >= 15 is 0 Å². The van der Waals surface area contributed by atoms with E-state index in [0.29, 0.717) is 6.42 Å². The van der Waals surface area contributed by atoms with E-state index in [0.717, 1.165) is 22.7 Å². The summed E-state index contributed by atoms with van der Waals surface area (Å²) in [5, 5.41) is 0. The van der Waals surface area contributed by atoms with Gasteiger partial charge in [0, 0.05) is 0 Å². The predicted octanol–water partition coefficient (Wildman–Crippen LogP) is 2.61. The molecule has 3 rings (SSSR count). The second-order valence-electron chi connectivity index (χ2n) is 5.39. The zero-order valence-electron chi connectivity index (χ0n) is 11.7. The fourth-order valence-corrected chi connectivity index (χ4v) is 4.18. The van der Waals surface area contributed by atoms with Gasteiger partial charge in [0.05, 0.1) is 4.90 Å². The van der Waals surface area contributed by atoms with Gasteiger partial charge in [-0.25, -0.2) is 13.2 Å². The van der Waals surface area contributed by atoms with Crippen molar-refractivity contribution in [2.45, 2.75) is 43.2 Å². The number of aryl methyl sites for hydroxylation is 1. The summed E-state index contributed by atoms with van der Waals surface area (Å²) in [5.74, 6) is 0. The van der Waals surface area contributed by atoms with Crippen LogP contribution in [0.1, 0.15) is 24.8 Å². The Morgan fingerprint density at radius 2 is 1.95 bits per heavy atom. The quantitative estimate of drug-likeness (QED) is 0.788. The first kappa shape index (κ1) is 14.1. The second-order valence-corrected chi connectivity index (χ2v) is 7.20. The van der Waals surface area contributed by atoms with Crippen LogP contribution in [-0.4, -0.2) is 31.0 Å². The first-order valence-electron chi connectivity index (χ1n) is 6.98. The van der Waals surface area contributed by atoms with Crippen molar-refractivity contribution in [1.29, 1.82) is 0 Å². The summed E-state index contributed by atoms with van der Waals surface area (Å²) < 4.78 is 31.6. The maximum absolute atomic E-state index is 12.7. The van der Waals surface area contributed by atoms with Crippen LogP contribution in [0.4, 0.5) is 4.79 Å². The van der Waals surface area contributed by atoms with Crippen LogP contribution in [0.15, 0.2) is 41.3 Å². The zero-order valence-corrected chi connectivity index (χ0v) is 12.5. The Labute approximate surface area is 124 Å². The summed E-state index contributed by atoms with van der Waals surface area (Å²) in [4.78, 5) is 12.1. The standard InChI is InChI=1S/C15H17NO4S/c1-11-7-9-12(10-8-11)21(18,19)16-13-5-3-2-4-6-14(13)20-15(16)17/h3,5,7-10,13-14H,2,4,6H2,1H3/t13-,14+/m1/s1. The van der Waals surface area contributed by atoms with Gasteiger partial charge in [-0.05, 0) is 38.3 Å². The molecule has 1 aliphatic carbocycles. The lowest BCUT2D eigenvalue weighted by Crippen LogP contribution is -2.39. The van der Waals surface area contributed by atoms with E-state index in [4.69, 9.17) is 4.74 Å². The minimum atomic E-state index is -3.88. The minimum Gasteiger partial charge on any atom is -0.443 e. The monoisotopic (exact) mass is 307 g/mol. The SMILES string of the molecule is Cc1ccc(S(=O)(=O)N2C(=O)O[C@H]3CCCC=C[C@H]32)cc1. The van der Waals surface area contributed by atoms with E-state index in [1.54, 1.807) is 18.2 Å². The number of rotatable bonds is 2. The highest BCUT2D eigenvalue weighted by Crippen LogP contribution is 2.32. The summed E-state index contributed by atoms with van der Waals surface area (Å²) in [5.41, 5.74) is 0.963. The molecule has 1 aromatic rings. The molecule has 5 nitrogen and oxygen atoms in total. The summed E-state index contributed by atoms with van der Waals surface area (Å²) in [6, 6.07) is 5.94. The molecule has 1 fully saturated rings. The molecule has 0 aromatic heterocycles. The summed E-state index contributed by atoms with van der Waals surface area (Å²) in [7, 11) is -3.88. The Morgan fingerprint density at radius 1 is 1.24 bits per heavy atom. The van der Waals surface area contributed by atoms with E-state index < -0.39 is 22.2 Å². The third kappa shape index (κ3) is 2.44. The molecular formula is C15H17NO4S. The van der Waals surface area contributed by atoms with Crippen molar-refractivity contribution in [2.75, 3.05) is 0 Å². The first-order valence-corrected chi connectivity index (χ1v) is 8.42. The molecule has 0 unspecified atom stereocenters. The lowest BCUT2D eigenvalue weighted by molar-refractivity contribution is 0.129. The largest absolute Gasteiger partial charge is 0.443 e. The van der Waals surface area contributed by atoms with Gasteiger partial charge in [0.25, 0.3) is 10.0 Å². The smallest absolute Gasteiger partial charge is 0.424 e. The molecule has 0 spiro atoms. The molecule has 112 valence electrons. The lowest BCUT2D eigenvalue weighted by Gasteiger charge is -2.20. The second kappa shape index (κ2) is 5.18. The van der Waals surface area contributed by atoms with Crippen LogP contribution in [0, 0.1) is 6.92 Å². The zero-order chi connectivity index (χ0) is 15.0. The Bertz CT molecular complexity index is 678. The van der Waals surface area contributed by atoms with Crippen LogP contribution < -0.4 is 0 Å². The molecule has 2 atom stereocenters. The fraction of sp³-hybridized carbons (Fsp3) is 0.400. The van der Waals surface area contributed by atoms with Gasteiger partial charge in [-0.3, -0.25) is 0 Å². The maximum Gasteiger partial charge on any atom is 0.424 e. The molecule has 21 heavy (non-hydrogen) atoms. The number of carbonyl (C=O) groups excluding carboxylic acids is 1. The Balaban J connectivity index is 2.01. The van der Waals surface area contributed by atoms with Gasteiger partial charge in [0.2, 0.25) is 0 Å². The number of amides is 1. The van der Waals surface area contributed by atoms with Gasteiger partial charge in [-0.2, -0.15) is 4.31 Å². The number of fused-ring (bicyclic) bond motifs is 1. The molecule has 1 aliphatic heterocycles. The van der Waals surface area contributed by atoms with Crippen molar-refractivity contribution in [1.82, 2.24) is 4.31 Å². The molecule has 1 aromatic carbocycles. The number of benzene rings is 1. The molecule has 1 saturated heterocycles. The number of nitrogens with zero attached hydrogens (tertiary/aromatic N) is 1. The number of carbonyl (C=O) groups is 1. The van der Waals surface area contributed by atoms with Crippen molar-refractivity contribution in [3.63, 3.8) is 0 Å². The van der Waals surface area contributed by atoms with Gasteiger partial charge in [-0.1, -0.05) is 29.8 Å². The van der Waals surface area contributed by atoms with Crippen molar-refractivity contribution in [3.8, 4) is 0 Å². The van der Waals surface area contributed by atoms with Gasteiger partial charge >= 0.3 is 6.09 Å². The first-order chi connectivity index (χ1) is 10.00. The summed E-state index contributed by atoms with van der Waals surface area (Å²) >= 11 is 0. The van der Waals surface area contributed by atoms with E-state index in [2.05, 4.69) is 0 Å². The van der Waals surface area contributed by atoms with Gasteiger partial charge < -0.3 is 4.74 Å². The van der Waals surface area contributed by atoms with E-state index in [9.17, 15) is 13.2 Å². The topological polar surface area (TPSA) is 63.7 Å². The third-order valence-electron chi connectivity index (χ3n) is 3.85. The highest BCUT2D eigenvalue weighted by atomic mass is 32.2. The third-order valence-corrected chi connectivity index (χ3v) is 5.63. The number of ether oxygens (including phenoxy) is 1. The Morgan fingerprint density at radius 3 is 2.67 bits per heavy atom. The van der Waals surface area contributed by atoms with Crippen LogP contribution in [-0.2, 0) is 14.8 Å². The molecule has 0 saturated carbocycles. The minimum absolute atomic E-state index is 0.114. The van der Waals surface area contributed by atoms with E-state index in [1.165, 1.54) is 12.1 Å². The normalized spacial score (nSPS) is 25.4. The summed E-state index contributed by atoms with van der Waals surface area (Å²) in [6.45, 7) is 1.88. The van der Waals surface area contributed by atoms with Crippen molar-refractivity contribution < 1.29 is 17.9 Å². The molecule has 1 amide bonds. The number of sulfonamides is 1. The molecule has 0 N–H and O–H groups in total. The fourth-order valence-electron chi connectivity index (χ4n) is 2.71. The summed E-state index contributed by atoms with van der Waals surface area (Å²) in [6.07, 6.45) is 4.99. The lowest BCUT2D eigenvalue weighted by atomic mass is 10.1. The molecule has 0 bridgehead atoms. The predicted molar refractivity (Wildman–Crippen MR) is 77.3 cm³/mol. The van der Waals surface area contributed by atoms with Gasteiger partial charge in [0.15, 0.2) is 0 Å². The highest BCUT2D eigenvalue weighted by molar-refractivity contribution is 7.89. The molecule has 6 heteroatoms. The van der Waals surface area contributed by atoms with Crippen molar-refractivity contribution in [3.05, 3.63) is 42.0 Å². The number of hydrogen-bond donors (Lipinski definition) is 0. The highest BCUT2D eigenvalue weighted by Gasteiger charge is 2.47. The van der Waals surface area contributed by atoms with Crippen molar-refractivity contribution in [2.24, 2.45) is 0 Å². The van der Waals surface area contributed by atoms with Gasteiger partial charge in [0.1, 0.15) is 12.1 Å². The van der Waals surface area contributed by atoms with Crippen LogP contribution in [0.3, 0.4) is 0 Å². The average Bonchev–Trinajstić information content (AvgIpc) is 2.60. The maximum atomic E-state index is 12.7. The van der Waals surface area contributed by atoms with Crippen LogP contribution >= 0.6 is 0 Å². The van der Waals surface area contributed by atoms with Gasteiger partial charge in [-0.15, -0.1) is 0 Å². The Kier molecular flexibility index (Phi) is 3.49. The average molecular weight is 307 g/mol. The molecule has 0 radical (unpaired) electrons. The molecule has 2 aliphatic rings. The Hall–Kier alpha value is -1.82. The molecular weight excluding hydrogens is 290 g/mol. The molecule has 1 heterocycles. The van der Waals surface area contributed by atoms with Crippen LogP contribution in [0.5, 0.6) is 0 Å². The number of hydrogen-bond acceptors (Lipinski definition) is 4. The van der Waals surface area contributed by atoms with Crippen molar-refractivity contribution >= 4 is 16.1 Å². The van der Waals surface area contributed by atoms with E-state index in [1.807, 2.05) is 13.0 Å². The van der Waals surface area contributed by atoms with Crippen LogP contribution in [0.2, 0.25) is 0 Å². The number of allylic oxidation sites excluding steroid dienone is 1.